The first-order valence-corrected chi connectivity index (χ1v) is 6.28. The van der Waals surface area contributed by atoms with Crippen molar-refractivity contribution >= 4 is 5.91 Å². The summed E-state index contributed by atoms with van der Waals surface area (Å²) >= 11 is 0. The van der Waals surface area contributed by atoms with E-state index in [4.69, 9.17) is 0 Å². The SMILES string of the molecule is Cn1cc(C(C)(O)CNC(=O)c2cc(F)ccc2O)cn1. The Balaban J connectivity index is 2.08. The highest BCUT2D eigenvalue weighted by Gasteiger charge is 2.26. The lowest BCUT2D eigenvalue weighted by Crippen LogP contribution is -2.38. The zero-order valence-electron chi connectivity index (χ0n) is 11.7. The number of carbonyl (C=O) groups is 1. The van der Waals surface area contributed by atoms with Crippen molar-refractivity contribution in [2.75, 3.05) is 6.54 Å². The summed E-state index contributed by atoms with van der Waals surface area (Å²) in [5.74, 6) is -1.62. The van der Waals surface area contributed by atoms with Gasteiger partial charge in [-0.05, 0) is 25.1 Å². The standard InChI is InChI=1S/C14H16FN3O3/c1-14(21,9-6-17-18(2)7-9)8-16-13(20)11-5-10(15)3-4-12(11)19/h3-7,19,21H,8H2,1-2H3,(H,16,20). The molecule has 0 aliphatic heterocycles. The third kappa shape index (κ3) is 3.38. The van der Waals surface area contributed by atoms with E-state index in [1.54, 1.807) is 13.2 Å². The number of rotatable bonds is 4. The fourth-order valence-electron chi connectivity index (χ4n) is 1.84. The van der Waals surface area contributed by atoms with Crippen LogP contribution in [0.2, 0.25) is 0 Å². The predicted octanol–water partition coefficient (Wildman–Crippen LogP) is 0.902. The van der Waals surface area contributed by atoms with Crippen molar-refractivity contribution in [3.63, 3.8) is 0 Å². The van der Waals surface area contributed by atoms with Gasteiger partial charge in [0.15, 0.2) is 0 Å². The van der Waals surface area contributed by atoms with Gasteiger partial charge in [0.05, 0.1) is 18.3 Å². The first-order chi connectivity index (χ1) is 9.79. The second kappa shape index (κ2) is 5.53. The van der Waals surface area contributed by atoms with Crippen LogP contribution in [0.15, 0.2) is 30.6 Å². The average Bonchev–Trinajstić information content (AvgIpc) is 2.86. The molecule has 112 valence electrons. The molecule has 0 aliphatic carbocycles. The lowest BCUT2D eigenvalue weighted by molar-refractivity contribution is 0.0525. The van der Waals surface area contributed by atoms with Gasteiger partial charge in [0.25, 0.3) is 5.91 Å². The molecule has 0 radical (unpaired) electrons. The molecule has 1 heterocycles. The number of benzene rings is 1. The van der Waals surface area contributed by atoms with E-state index < -0.39 is 17.3 Å². The van der Waals surface area contributed by atoms with Crippen molar-refractivity contribution in [1.29, 1.82) is 0 Å². The molecule has 1 aromatic carbocycles. The van der Waals surface area contributed by atoms with Crippen LogP contribution >= 0.6 is 0 Å². The summed E-state index contributed by atoms with van der Waals surface area (Å²) in [6, 6.07) is 3.09. The largest absolute Gasteiger partial charge is 0.507 e. The zero-order chi connectivity index (χ0) is 15.6. The van der Waals surface area contributed by atoms with Gasteiger partial charge < -0.3 is 15.5 Å². The number of phenols is 1. The summed E-state index contributed by atoms with van der Waals surface area (Å²) in [5.41, 5.74) is -0.974. The van der Waals surface area contributed by atoms with E-state index in [-0.39, 0.29) is 17.9 Å². The molecule has 0 saturated carbocycles. The molecule has 1 unspecified atom stereocenters. The van der Waals surface area contributed by atoms with Crippen LogP contribution in [-0.4, -0.2) is 32.4 Å². The summed E-state index contributed by atoms with van der Waals surface area (Å²) in [4.78, 5) is 11.9. The summed E-state index contributed by atoms with van der Waals surface area (Å²) < 4.78 is 14.6. The van der Waals surface area contributed by atoms with Gasteiger partial charge in [-0.1, -0.05) is 0 Å². The molecule has 6 nitrogen and oxygen atoms in total. The number of aromatic nitrogens is 2. The molecule has 7 heteroatoms. The average molecular weight is 293 g/mol. The van der Waals surface area contributed by atoms with Gasteiger partial charge in [0.2, 0.25) is 0 Å². The Bertz CT molecular complexity index is 667. The van der Waals surface area contributed by atoms with Gasteiger partial charge in [0.1, 0.15) is 17.2 Å². The minimum Gasteiger partial charge on any atom is -0.507 e. The molecule has 1 amide bonds. The molecular weight excluding hydrogens is 277 g/mol. The van der Waals surface area contributed by atoms with Gasteiger partial charge >= 0.3 is 0 Å². The highest BCUT2D eigenvalue weighted by atomic mass is 19.1. The van der Waals surface area contributed by atoms with Gasteiger partial charge in [-0.15, -0.1) is 0 Å². The summed E-state index contributed by atoms with van der Waals surface area (Å²) in [5, 5.41) is 26.3. The maximum absolute atomic E-state index is 13.1. The van der Waals surface area contributed by atoms with E-state index in [1.165, 1.54) is 17.8 Å². The van der Waals surface area contributed by atoms with Crippen LogP contribution in [0.5, 0.6) is 5.75 Å². The van der Waals surface area contributed by atoms with Gasteiger partial charge in [0, 0.05) is 18.8 Å². The van der Waals surface area contributed by atoms with Gasteiger partial charge in [-0.25, -0.2) is 4.39 Å². The van der Waals surface area contributed by atoms with E-state index >= 15 is 0 Å². The minimum atomic E-state index is -1.33. The van der Waals surface area contributed by atoms with Crippen molar-refractivity contribution in [2.45, 2.75) is 12.5 Å². The molecule has 0 spiro atoms. The summed E-state index contributed by atoms with van der Waals surface area (Å²) in [6.07, 6.45) is 3.12. The maximum Gasteiger partial charge on any atom is 0.255 e. The molecule has 0 saturated heterocycles. The van der Waals surface area contributed by atoms with Crippen LogP contribution in [0.1, 0.15) is 22.8 Å². The molecule has 2 aromatic rings. The maximum atomic E-state index is 13.1. The Morgan fingerprint density at radius 3 is 2.86 bits per heavy atom. The number of aliphatic hydroxyl groups is 1. The topological polar surface area (TPSA) is 87.4 Å². The number of aromatic hydroxyl groups is 1. The van der Waals surface area contributed by atoms with E-state index in [0.717, 1.165) is 18.2 Å². The van der Waals surface area contributed by atoms with Crippen LogP contribution in [0.25, 0.3) is 0 Å². The molecule has 1 aromatic heterocycles. The van der Waals surface area contributed by atoms with Gasteiger partial charge in [-0.2, -0.15) is 5.10 Å². The number of nitrogens with zero attached hydrogens (tertiary/aromatic N) is 2. The van der Waals surface area contributed by atoms with Crippen molar-refractivity contribution in [2.24, 2.45) is 7.05 Å². The van der Waals surface area contributed by atoms with Crippen LogP contribution in [0.3, 0.4) is 0 Å². The monoisotopic (exact) mass is 293 g/mol. The highest BCUT2D eigenvalue weighted by Crippen LogP contribution is 2.20. The highest BCUT2D eigenvalue weighted by molar-refractivity contribution is 5.96. The normalized spacial score (nSPS) is 13.7. The molecule has 21 heavy (non-hydrogen) atoms. The smallest absolute Gasteiger partial charge is 0.255 e. The van der Waals surface area contributed by atoms with Crippen molar-refractivity contribution in [3.05, 3.63) is 47.5 Å². The molecule has 2 rings (SSSR count). The summed E-state index contributed by atoms with van der Waals surface area (Å²) in [6.45, 7) is 1.42. The van der Waals surface area contributed by atoms with E-state index in [1.807, 2.05) is 0 Å². The Morgan fingerprint density at radius 1 is 1.52 bits per heavy atom. The van der Waals surface area contributed by atoms with Crippen LogP contribution in [0, 0.1) is 5.82 Å². The second-order valence-electron chi connectivity index (χ2n) is 5.02. The number of phenolic OH excluding ortho intramolecular Hbond substituents is 1. The second-order valence-corrected chi connectivity index (χ2v) is 5.02. The molecule has 0 bridgehead atoms. The number of hydrogen-bond acceptors (Lipinski definition) is 4. The fraction of sp³-hybridized carbons (Fsp3) is 0.286. The quantitative estimate of drug-likeness (QED) is 0.781. The number of carbonyl (C=O) groups excluding carboxylic acids is 1. The first-order valence-electron chi connectivity index (χ1n) is 6.28. The Hall–Kier alpha value is -2.41. The third-order valence-corrected chi connectivity index (χ3v) is 3.12. The summed E-state index contributed by atoms with van der Waals surface area (Å²) in [7, 11) is 1.71. The minimum absolute atomic E-state index is 0.104. The van der Waals surface area contributed by atoms with E-state index in [9.17, 15) is 19.4 Å². The Labute approximate surface area is 120 Å². The molecule has 3 N–H and O–H groups in total. The Morgan fingerprint density at radius 2 is 2.24 bits per heavy atom. The number of hydrogen-bond donors (Lipinski definition) is 3. The van der Waals surface area contributed by atoms with Crippen molar-refractivity contribution in [1.82, 2.24) is 15.1 Å². The van der Waals surface area contributed by atoms with Crippen molar-refractivity contribution in [3.8, 4) is 5.75 Å². The van der Waals surface area contributed by atoms with E-state index in [0.29, 0.717) is 5.56 Å². The van der Waals surface area contributed by atoms with E-state index in [2.05, 4.69) is 10.4 Å². The number of halogens is 1. The zero-order valence-corrected chi connectivity index (χ0v) is 11.7. The lowest BCUT2D eigenvalue weighted by Gasteiger charge is -2.22. The lowest BCUT2D eigenvalue weighted by atomic mass is 9.99. The number of amides is 1. The van der Waals surface area contributed by atoms with Crippen molar-refractivity contribution < 1.29 is 19.4 Å². The first kappa shape index (κ1) is 15.0. The molecule has 1 atom stereocenters. The Kier molecular flexibility index (Phi) is 3.95. The number of nitrogens with one attached hydrogen (secondary N) is 1. The molecule has 0 aliphatic rings. The third-order valence-electron chi connectivity index (χ3n) is 3.12. The number of aryl methyl sites for hydroxylation is 1. The van der Waals surface area contributed by atoms with Gasteiger partial charge in [-0.3, -0.25) is 9.48 Å². The van der Waals surface area contributed by atoms with Crippen LogP contribution < -0.4 is 5.32 Å². The fourth-order valence-corrected chi connectivity index (χ4v) is 1.84. The predicted molar refractivity (Wildman–Crippen MR) is 73.2 cm³/mol. The van der Waals surface area contributed by atoms with Crippen LogP contribution in [0.4, 0.5) is 4.39 Å². The molecule has 0 fully saturated rings. The van der Waals surface area contributed by atoms with Crippen LogP contribution in [-0.2, 0) is 12.6 Å². The molecular formula is C14H16FN3O3.